The van der Waals surface area contributed by atoms with Crippen LogP contribution in [0.3, 0.4) is 0 Å². The maximum absolute atomic E-state index is 13.9. The van der Waals surface area contributed by atoms with Gasteiger partial charge >= 0.3 is 0 Å². The van der Waals surface area contributed by atoms with Gasteiger partial charge in [-0.3, -0.25) is 9.69 Å². The molecule has 8 nitrogen and oxygen atoms in total. The summed E-state index contributed by atoms with van der Waals surface area (Å²) >= 11 is 0. The van der Waals surface area contributed by atoms with E-state index in [0.29, 0.717) is 29.7 Å². The summed E-state index contributed by atoms with van der Waals surface area (Å²) < 4.78 is 17.0. The molecular formula is C32H32N4O4. The molecule has 1 aromatic heterocycles. The van der Waals surface area contributed by atoms with Crippen LogP contribution in [-0.2, 0) is 6.54 Å². The summed E-state index contributed by atoms with van der Waals surface area (Å²) in [5.74, 6) is 2.40. The summed E-state index contributed by atoms with van der Waals surface area (Å²) in [6.45, 7) is 4.75. The van der Waals surface area contributed by atoms with Gasteiger partial charge in [0.05, 0.1) is 16.6 Å². The number of anilines is 2. The molecule has 1 N–H and O–H groups in total. The molecule has 8 heteroatoms. The van der Waals surface area contributed by atoms with Crippen molar-refractivity contribution in [3.8, 4) is 22.8 Å². The minimum Gasteiger partial charge on any atom is -0.454 e. The molecule has 2 aliphatic heterocycles. The SMILES string of the molecule is O=C1c2ccccc2-c2onc3c(N4CCN(Cc5ccc6c(c5)OCO6)CC4)cc(NC4CCCCC4)c1c23. The first-order valence-electron chi connectivity index (χ1n) is 14.5. The maximum atomic E-state index is 13.9. The second-order valence-electron chi connectivity index (χ2n) is 11.4. The largest absolute Gasteiger partial charge is 0.454 e. The van der Waals surface area contributed by atoms with Crippen molar-refractivity contribution < 1.29 is 18.8 Å². The Bertz CT molecular complexity index is 1610. The number of carbonyl (C=O) groups is 1. The third-order valence-electron chi connectivity index (χ3n) is 8.90. The molecule has 40 heavy (non-hydrogen) atoms. The highest BCUT2D eigenvalue weighted by Gasteiger charge is 2.34. The number of fused-ring (bicyclic) bond motifs is 3. The summed E-state index contributed by atoms with van der Waals surface area (Å²) in [5, 5.41) is 9.22. The number of hydrogen-bond donors (Lipinski definition) is 1. The summed E-state index contributed by atoms with van der Waals surface area (Å²) in [4.78, 5) is 18.8. The number of nitrogens with one attached hydrogen (secondary N) is 1. The van der Waals surface area contributed by atoms with Crippen molar-refractivity contribution >= 4 is 28.1 Å². The Morgan fingerprint density at radius 3 is 2.55 bits per heavy atom. The second-order valence-corrected chi connectivity index (χ2v) is 11.4. The zero-order valence-electron chi connectivity index (χ0n) is 22.4. The summed E-state index contributed by atoms with van der Waals surface area (Å²) in [6.07, 6.45) is 6.00. The number of nitrogens with zero attached hydrogens (tertiary/aromatic N) is 3. The molecule has 1 saturated carbocycles. The Labute approximate surface area is 232 Å². The number of piperazine rings is 1. The highest BCUT2D eigenvalue weighted by Crippen LogP contribution is 2.46. The van der Waals surface area contributed by atoms with E-state index in [9.17, 15) is 4.79 Å². The number of rotatable bonds is 5. The molecule has 2 aliphatic carbocycles. The van der Waals surface area contributed by atoms with Crippen molar-refractivity contribution in [1.82, 2.24) is 10.1 Å². The monoisotopic (exact) mass is 536 g/mol. The quantitative estimate of drug-likeness (QED) is 0.300. The molecule has 0 amide bonds. The fourth-order valence-electron chi connectivity index (χ4n) is 6.81. The van der Waals surface area contributed by atoms with E-state index >= 15 is 0 Å². The number of carbonyl (C=O) groups excluding carboxylic acids is 1. The molecule has 0 atom stereocenters. The smallest absolute Gasteiger partial charge is 0.231 e. The predicted molar refractivity (Wildman–Crippen MR) is 153 cm³/mol. The highest BCUT2D eigenvalue weighted by molar-refractivity contribution is 6.28. The third-order valence-corrected chi connectivity index (χ3v) is 8.90. The number of hydrogen-bond acceptors (Lipinski definition) is 8. The van der Waals surface area contributed by atoms with Gasteiger partial charge in [-0.05, 0) is 36.6 Å². The first-order chi connectivity index (χ1) is 19.7. The molecule has 3 aromatic carbocycles. The molecular weight excluding hydrogens is 504 g/mol. The lowest BCUT2D eigenvalue weighted by atomic mass is 9.85. The number of ketones is 1. The Morgan fingerprint density at radius 1 is 0.900 bits per heavy atom. The van der Waals surface area contributed by atoms with Gasteiger partial charge in [-0.2, -0.15) is 0 Å². The van der Waals surface area contributed by atoms with Gasteiger partial charge in [0, 0.05) is 55.6 Å². The van der Waals surface area contributed by atoms with E-state index in [1.165, 1.54) is 24.8 Å². The van der Waals surface area contributed by atoms with Crippen LogP contribution in [0.15, 0.2) is 53.1 Å². The summed E-state index contributed by atoms with van der Waals surface area (Å²) in [6, 6.07) is 16.5. The van der Waals surface area contributed by atoms with Crippen LogP contribution in [-0.4, -0.2) is 54.9 Å². The van der Waals surface area contributed by atoms with Crippen LogP contribution in [0.5, 0.6) is 11.5 Å². The topological polar surface area (TPSA) is 80.1 Å². The van der Waals surface area contributed by atoms with E-state index in [0.717, 1.165) is 84.9 Å². The number of aromatic nitrogens is 1. The molecule has 8 rings (SSSR count). The van der Waals surface area contributed by atoms with E-state index in [1.807, 2.05) is 30.3 Å². The van der Waals surface area contributed by atoms with Crippen LogP contribution >= 0.6 is 0 Å². The van der Waals surface area contributed by atoms with Gasteiger partial charge in [-0.25, -0.2) is 0 Å². The fourth-order valence-corrected chi connectivity index (χ4v) is 6.81. The minimum absolute atomic E-state index is 0.0507. The van der Waals surface area contributed by atoms with Gasteiger partial charge in [0.2, 0.25) is 6.79 Å². The predicted octanol–water partition coefficient (Wildman–Crippen LogP) is 5.83. The minimum atomic E-state index is 0.0507. The van der Waals surface area contributed by atoms with Gasteiger partial charge < -0.3 is 24.2 Å². The van der Waals surface area contributed by atoms with Crippen molar-refractivity contribution in [3.63, 3.8) is 0 Å². The fraction of sp³-hybridized carbons (Fsp3) is 0.375. The van der Waals surface area contributed by atoms with Gasteiger partial charge in [0.15, 0.2) is 23.0 Å². The number of ether oxygens (including phenoxy) is 2. The van der Waals surface area contributed by atoms with E-state index in [-0.39, 0.29) is 5.78 Å². The van der Waals surface area contributed by atoms with Crippen molar-refractivity contribution in [2.45, 2.75) is 44.7 Å². The Morgan fingerprint density at radius 2 is 1.70 bits per heavy atom. The first kappa shape index (κ1) is 23.8. The molecule has 1 saturated heterocycles. The zero-order chi connectivity index (χ0) is 26.6. The zero-order valence-corrected chi connectivity index (χ0v) is 22.4. The van der Waals surface area contributed by atoms with Crippen LogP contribution < -0.4 is 19.7 Å². The first-order valence-corrected chi connectivity index (χ1v) is 14.5. The summed E-state index contributed by atoms with van der Waals surface area (Å²) in [7, 11) is 0. The lowest BCUT2D eigenvalue weighted by Gasteiger charge is -2.37. The molecule has 0 radical (unpaired) electrons. The molecule has 4 aliphatic rings. The van der Waals surface area contributed by atoms with E-state index in [4.69, 9.17) is 14.0 Å². The van der Waals surface area contributed by atoms with E-state index < -0.39 is 0 Å². The molecule has 0 bridgehead atoms. The van der Waals surface area contributed by atoms with E-state index in [2.05, 4.69) is 38.5 Å². The highest BCUT2D eigenvalue weighted by atomic mass is 16.7. The third kappa shape index (κ3) is 3.92. The van der Waals surface area contributed by atoms with Crippen molar-refractivity contribution in [2.24, 2.45) is 0 Å². The van der Waals surface area contributed by atoms with Crippen molar-refractivity contribution in [1.29, 1.82) is 0 Å². The van der Waals surface area contributed by atoms with Crippen molar-refractivity contribution in [3.05, 3.63) is 65.2 Å². The van der Waals surface area contributed by atoms with Crippen LogP contribution in [0.4, 0.5) is 11.4 Å². The van der Waals surface area contributed by atoms with E-state index in [1.54, 1.807) is 0 Å². The average Bonchev–Trinajstić information content (AvgIpc) is 3.65. The molecule has 0 spiro atoms. The summed E-state index contributed by atoms with van der Waals surface area (Å²) in [5.41, 5.74) is 6.19. The lowest BCUT2D eigenvalue weighted by molar-refractivity contribution is 0.104. The molecule has 4 aromatic rings. The van der Waals surface area contributed by atoms with Crippen molar-refractivity contribution in [2.75, 3.05) is 43.2 Å². The van der Waals surface area contributed by atoms with Crippen LogP contribution in [0.25, 0.3) is 22.2 Å². The Kier molecular flexibility index (Phi) is 5.69. The molecule has 0 unspecified atom stereocenters. The van der Waals surface area contributed by atoms with Gasteiger partial charge in [0.1, 0.15) is 5.52 Å². The average molecular weight is 537 g/mol. The second kappa shape index (κ2) is 9.55. The normalized spacial score (nSPS) is 18.8. The number of benzene rings is 3. The molecule has 2 fully saturated rings. The lowest BCUT2D eigenvalue weighted by Crippen LogP contribution is -2.46. The Hall–Kier alpha value is -4.04. The van der Waals surface area contributed by atoms with Crippen LogP contribution in [0.2, 0.25) is 0 Å². The van der Waals surface area contributed by atoms with Crippen LogP contribution in [0, 0.1) is 0 Å². The Balaban J connectivity index is 1.12. The van der Waals surface area contributed by atoms with Gasteiger partial charge in [-0.1, -0.05) is 54.8 Å². The maximum Gasteiger partial charge on any atom is 0.231 e. The standard InChI is InChI=1S/C32H32N4O4/c37-31-22-8-4-5-9-23(22)32-29-28(31)24(33-21-6-2-1-3-7-21)17-25(30(29)34-40-32)36-14-12-35(13-15-36)18-20-10-11-26-27(16-20)39-19-38-26/h4-5,8-11,16-17,21,33H,1-3,6-7,12-15,18-19H2. The van der Waals surface area contributed by atoms with Gasteiger partial charge in [0.25, 0.3) is 0 Å². The van der Waals surface area contributed by atoms with Crippen LogP contribution in [0.1, 0.15) is 53.6 Å². The molecule has 3 heterocycles. The van der Waals surface area contributed by atoms with Gasteiger partial charge in [-0.15, -0.1) is 0 Å². The molecule has 204 valence electrons.